The third-order valence-electron chi connectivity index (χ3n) is 3.63. The number of rotatable bonds is 5. The van der Waals surface area contributed by atoms with Gasteiger partial charge in [0.05, 0.1) is 0 Å². The minimum Gasteiger partial charge on any atom is -0.357 e. The quantitative estimate of drug-likeness (QED) is 0.477. The summed E-state index contributed by atoms with van der Waals surface area (Å²) >= 11 is 0. The average Bonchev–Trinajstić information content (AvgIpc) is 2.34. The third kappa shape index (κ3) is 7.58. The van der Waals surface area contributed by atoms with E-state index in [2.05, 4.69) is 29.1 Å². The zero-order chi connectivity index (χ0) is 15.9. The molecule has 0 spiro atoms. The van der Waals surface area contributed by atoms with Crippen molar-refractivity contribution in [1.29, 1.82) is 0 Å². The molecule has 1 heterocycles. The molecule has 1 N–H and O–H groups in total. The van der Waals surface area contributed by atoms with Crippen LogP contribution in [0.25, 0.3) is 0 Å². The van der Waals surface area contributed by atoms with Gasteiger partial charge in [0.15, 0.2) is 5.96 Å². The van der Waals surface area contributed by atoms with Crippen molar-refractivity contribution >= 4 is 5.96 Å². The number of aliphatic imine (C=N–C) groups is 1. The SMILES string of the molecule is CCNC(=NCCCCC(F)(F)F)N1CC(C)CC(C)C1. The Morgan fingerprint density at radius 2 is 1.81 bits per heavy atom. The molecule has 0 amide bonds. The number of nitrogens with one attached hydrogen (secondary N) is 1. The number of halogens is 3. The van der Waals surface area contributed by atoms with Crippen molar-refractivity contribution in [2.24, 2.45) is 16.8 Å². The Bertz CT molecular complexity index is 319. The Morgan fingerprint density at radius 1 is 1.19 bits per heavy atom. The van der Waals surface area contributed by atoms with Crippen LogP contribution in [0.4, 0.5) is 13.2 Å². The number of nitrogens with zero attached hydrogens (tertiary/aromatic N) is 2. The van der Waals surface area contributed by atoms with Crippen LogP contribution in [0.2, 0.25) is 0 Å². The van der Waals surface area contributed by atoms with Crippen molar-refractivity contribution in [3.8, 4) is 0 Å². The number of alkyl halides is 3. The summed E-state index contributed by atoms with van der Waals surface area (Å²) in [5.74, 6) is 2.11. The predicted molar refractivity (Wildman–Crippen MR) is 80.4 cm³/mol. The summed E-state index contributed by atoms with van der Waals surface area (Å²) in [6.07, 6.45) is -2.91. The normalized spacial score (nSPS) is 24.3. The lowest BCUT2D eigenvalue weighted by molar-refractivity contribution is -0.135. The summed E-state index contributed by atoms with van der Waals surface area (Å²) < 4.78 is 36.2. The number of hydrogen-bond acceptors (Lipinski definition) is 1. The lowest BCUT2D eigenvalue weighted by Crippen LogP contribution is -2.48. The molecule has 0 bridgehead atoms. The second-order valence-corrected chi connectivity index (χ2v) is 6.16. The van der Waals surface area contributed by atoms with Crippen LogP contribution < -0.4 is 5.32 Å². The van der Waals surface area contributed by atoms with E-state index in [4.69, 9.17) is 0 Å². The van der Waals surface area contributed by atoms with Crippen LogP contribution in [0.5, 0.6) is 0 Å². The van der Waals surface area contributed by atoms with Gasteiger partial charge in [0.2, 0.25) is 0 Å². The second kappa shape index (κ2) is 8.49. The molecule has 0 aromatic carbocycles. The first kappa shape index (κ1) is 18.1. The van der Waals surface area contributed by atoms with Crippen molar-refractivity contribution in [1.82, 2.24) is 10.2 Å². The molecule has 0 aromatic rings. The molecule has 0 saturated carbocycles. The molecule has 21 heavy (non-hydrogen) atoms. The molecule has 1 fully saturated rings. The molecule has 124 valence electrons. The van der Waals surface area contributed by atoms with E-state index in [1.807, 2.05) is 6.92 Å². The van der Waals surface area contributed by atoms with Crippen molar-refractivity contribution in [2.45, 2.75) is 52.6 Å². The lowest BCUT2D eigenvalue weighted by Gasteiger charge is -2.37. The fourth-order valence-electron chi connectivity index (χ4n) is 2.88. The van der Waals surface area contributed by atoms with Gasteiger partial charge in [0, 0.05) is 32.6 Å². The molecule has 2 atom stereocenters. The zero-order valence-corrected chi connectivity index (χ0v) is 13.3. The van der Waals surface area contributed by atoms with Crippen molar-refractivity contribution < 1.29 is 13.2 Å². The lowest BCUT2D eigenvalue weighted by atomic mass is 9.92. The third-order valence-corrected chi connectivity index (χ3v) is 3.63. The van der Waals surface area contributed by atoms with Gasteiger partial charge in [-0.05, 0) is 38.0 Å². The van der Waals surface area contributed by atoms with Crippen molar-refractivity contribution in [3.63, 3.8) is 0 Å². The fourth-order valence-corrected chi connectivity index (χ4v) is 2.88. The number of hydrogen-bond donors (Lipinski definition) is 1. The topological polar surface area (TPSA) is 27.6 Å². The standard InChI is InChI=1S/C15H28F3N3/c1-4-19-14(20-8-6-5-7-15(16,17)18)21-10-12(2)9-13(3)11-21/h12-13H,4-11H2,1-3H3,(H,19,20). The maximum atomic E-state index is 12.1. The van der Waals surface area contributed by atoms with Crippen LogP contribution in [0.1, 0.15) is 46.5 Å². The Morgan fingerprint density at radius 3 is 2.33 bits per heavy atom. The van der Waals surface area contributed by atoms with Gasteiger partial charge < -0.3 is 10.2 Å². The number of unbranched alkanes of at least 4 members (excludes halogenated alkanes) is 1. The van der Waals surface area contributed by atoms with E-state index >= 15 is 0 Å². The number of guanidine groups is 1. The maximum absolute atomic E-state index is 12.1. The van der Waals surface area contributed by atoms with Crippen molar-refractivity contribution in [3.05, 3.63) is 0 Å². The summed E-state index contributed by atoms with van der Waals surface area (Å²) in [5, 5.41) is 3.25. The smallest absolute Gasteiger partial charge is 0.357 e. The maximum Gasteiger partial charge on any atom is 0.389 e. The molecule has 2 unspecified atom stereocenters. The Balaban J connectivity index is 2.46. The minimum absolute atomic E-state index is 0.152. The number of likely N-dealkylation sites (tertiary alicyclic amines) is 1. The highest BCUT2D eigenvalue weighted by Gasteiger charge is 2.26. The highest BCUT2D eigenvalue weighted by molar-refractivity contribution is 5.80. The molecule has 0 radical (unpaired) electrons. The first-order valence-corrected chi connectivity index (χ1v) is 7.91. The van der Waals surface area contributed by atoms with Crippen LogP contribution in [-0.2, 0) is 0 Å². The molecule has 1 saturated heterocycles. The second-order valence-electron chi connectivity index (χ2n) is 6.16. The Hall–Kier alpha value is -0.940. The van der Waals surface area contributed by atoms with Crippen LogP contribution in [-0.4, -0.2) is 43.2 Å². The van der Waals surface area contributed by atoms with Gasteiger partial charge in [-0.25, -0.2) is 0 Å². The zero-order valence-electron chi connectivity index (χ0n) is 13.3. The van der Waals surface area contributed by atoms with Gasteiger partial charge in [-0.1, -0.05) is 13.8 Å². The van der Waals surface area contributed by atoms with Crippen LogP contribution in [0.15, 0.2) is 4.99 Å². The predicted octanol–water partition coefficient (Wildman–Crippen LogP) is 3.66. The van der Waals surface area contributed by atoms with Gasteiger partial charge in [-0.2, -0.15) is 13.2 Å². The van der Waals surface area contributed by atoms with E-state index in [-0.39, 0.29) is 6.42 Å². The fraction of sp³-hybridized carbons (Fsp3) is 0.933. The van der Waals surface area contributed by atoms with E-state index < -0.39 is 12.6 Å². The van der Waals surface area contributed by atoms with E-state index in [9.17, 15) is 13.2 Å². The molecule has 0 aromatic heterocycles. The summed E-state index contributed by atoms with van der Waals surface area (Å²) in [4.78, 5) is 6.73. The number of piperidine rings is 1. The largest absolute Gasteiger partial charge is 0.389 e. The average molecular weight is 307 g/mol. The molecule has 0 aliphatic carbocycles. The van der Waals surface area contributed by atoms with Crippen LogP contribution >= 0.6 is 0 Å². The molecule has 1 rings (SSSR count). The van der Waals surface area contributed by atoms with Crippen LogP contribution in [0, 0.1) is 11.8 Å². The molecule has 3 nitrogen and oxygen atoms in total. The van der Waals surface area contributed by atoms with Crippen LogP contribution in [0.3, 0.4) is 0 Å². The van der Waals surface area contributed by atoms with E-state index in [1.165, 1.54) is 6.42 Å². The van der Waals surface area contributed by atoms with Gasteiger partial charge >= 0.3 is 6.18 Å². The van der Waals surface area contributed by atoms with E-state index in [0.29, 0.717) is 24.8 Å². The summed E-state index contributed by atoms with van der Waals surface area (Å²) in [6, 6.07) is 0. The van der Waals surface area contributed by atoms with Gasteiger partial charge in [0.25, 0.3) is 0 Å². The highest BCUT2D eigenvalue weighted by atomic mass is 19.4. The monoisotopic (exact) mass is 307 g/mol. The molecule has 6 heteroatoms. The summed E-state index contributed by atoms with van der Waals surface area (Å²) in [7, 11) is 0. The first-order chi connectivity index (χ1) is 9.81. The van der Waals surface area contributed by atoms with E-state index in [0.717, 1.165) is 25.6 Å². The Labute approximate surface area is 126 Å². The molecule has 1 aliphatic heterocycles. The summed E-state index contributed by atoms with van der Waals surface area (Å²) in [6.45, 7) is 9.65. The van der Waals surface area contributed by atoms with Gasteiger partial charge in [-0.15, -0.1) is 0 Å². The molecular formula is C15H28F3N3. The molecular weight excluding hydrogens is 279 g/mol. The highest BCUT2D eigenvalue weighted by Crippen LogP contribution is 2.22. The summed E-state index contributed by atoms with van der Waals surface area (Å²) in [5.41, 5.74) is 0. The van der Waals surface area contributed by atoms with Gasteiger partial charge in [-0.3, -0.25) is 4.99 Å². The molecule has 1 aliphatic rings. The van der Waals surface area contributed by atoms with Crippen molar-refractivity contribution in [2.75, 3.05) is 26.2 Å². The Kier molecular flexibility index (Phi) is 7.32. The van der Waals surface area contributed by atoms with E-state index in [1.54, 1.807) is 0 Å². The van der Waals surface area contributed by atoms with Gasteiger partial charge in [0.1, 0.15) is 0 Å². The first-order valence-electron chi connectivity index (χ1n) is 7.91. The minimum atomic E-state index is -4.05.